The summed E-state index contributed by atoms with van der Waals surface area (Å²) in [5.41, 5.74) is 5.84. The van der Waals surface area contributed by atoms with Gasteiger partial charge in [-0.3, -0.25) is 4.79 Å². The number of nitrogens with one attached hydrogen (secondary N) is 1. The van der Waals surface area contributed by atoms with Gasteiger partial charge >= 0.3 is 5.70 Å². The molecule has 0 amide bonds. The normalized spacial score (nSPS) is 14.6. The summed E-state index contributed by atoms with van der Waals surface area (Å²) in [5.74, 6) is 0.406. The molecule has 0 aromatic heterocycles. The fourth-order valence-corrected chi connectivity index (χ4v) is 2.83. The Morgan fingerprint density at radius 1 is 1.15 bits per heavy atom. The molecule has 26 heavy (non-hydrogen) atoms. The Balaban J connectivity index is 1.43. The highest BCUT2D eigenvalue weighted by atomic mass is 16.5. The largest absolute Gasteiger partial charge is 0.480 e. The number of carbonyl (C=O) groups excluding carboxylic acids is 1. The molecule has 0 atom stereocenters. The monoisotopic (exact) mass is 349 g/mol. The molecule has 134 valence electrons. The molecule has 0 bridgehead atoms. The lowest BCUT2D eigenvalue weighted by Gasteiger charge is -2.07. The van der Waals surface area contributed by atoms with Crippen molar-refractivity contribution in [1.82, 2.24) is 5.32 Å². The van der Waals surface area contributed by atoms with E-state index >= 15 is 0 Å². The summed E-state index contributed by atoms with van der Waals surface area (Å²) in [5, 5.41) is 3.46. The van der Waals surface area contributed by atoms with Crippen LogP contribution in [0.15, 0.2) is 60.0 Å². The van der Waals surface area contributed by atoms with Gasteiger partial charge < -0.3 is 10.1 Å². The molecular weight excluding hydrogens is 324 g/mol. The number of hydrogen-bond acceptors (Lipinski definition) is 3. The zero-order valence-electron chi connectivity index (χ0n) is 15.4. The minimum absolute atomic E-state index is 0.406. The Hall–Kier alpha value is -2.72. The van der Waals surface area contributed by atoms with Crippen LogP contribution in [0.4, 0.5) is 0 Å². The highest BCUT2D eigenvalue weighted by molar-refractivity contribution is 5.89. The molecule has 1 aliphatic heterocycles. The van der Waals surface area contributed by atoms with Gasteiger partial charge in [-0.2, -0.15) is 4.58 Å². The number of hydrogen-bond donors (Lipinski definition) is 1. The van der Waals surface area contributed by atoms with Gasteiger partial charge in [-0.15, -0.1) is 0 Å². The predicted octanol–water partition coefficient (Wildman–Crippen LogP) is 3.12. The van der Waals surface area contributed by atoms with E-state index in [0.717, 1.165) is 37.2 Å². The minimum Gasteiger partial charge on any atom is -0.480 e. The standard InChI is InChI=1S/C22H25N2O2/c1-17-8-9-18(2)20(12-17)13-23-10-11-24-14-21(24)22(15-25)26-16-19-6-4-3-5-7-19/h3-9,12,14-15,23H,10-11,13,16H2,1-2H3/q+1/b22-21-. The molecule has 3 rings (SSSR count). The first-order chi connectivity index (χ1) is 12.7. The van der Waals surface area contributed by atoms with Gasteiger partial charge in [-0.1, -0.05) is 54.1 Å². The lowest BCUT2D eigenvalue weighted by molar-refractivity contribution is -0.403. The van der Waals surface area contributed by atoms with Crippen molar-refractivity contribution in [3.05, 3.63) is 82.2 Å². The van der Waals surface area contributed by atoms with Crippen LogP contribution in [0, 0.1) is 13.8 Å². The second kappa shape index (κ2) is 8.59. The first-order valence-electron chi connectivity index (χ1n) is 8.92. The van der Waals surface area contributed by atoms with E-state index in [0.29, 0.717) is 12.4 Å². The molecule has 1 N–H and O–H groups in total. The van der Waals surface area contributed by atoms with Gasteiger partial charge in [0, 0.05) is 6.54 Å². The van der Waals surface area contributed by atoms with Crippen LogP contribution in [0.3, 0.4) is 0 Å². The zero-order chi connectivity index (χ0) is 18.4. The summed E-state index contributed by atoms with van der Waals surface area (Å²) in [6.07, 6.45) is 2.74. The summed E-state index contributed by atoms with van der Waals surface area (Å²) in [4.78, 5) is 11.3. The highest BCUT2D eigenvalue weighted by Crippen LogP contribution is 2.15. The van der Waals surface area contributed by atoms with Crippen LogP contribution >= 0.6 is 0 Å². The Morgan fingerprint density at radius 2 is 1.96 bits per heavy atom. The fourth-order valence-electron chi connectivity index (χ4n) is 2.83. The van der Waals surface area contributed by atoms with Crippen LogP contribution in [-0.4, -0.2) is 30.2 Å². The van der Waals surface area contributed by atoms with Crippen molar-refractivity contribution in [3.8, 4) is 0 Å². The van der Waals surface area contributed by atoms with Gasteiger partial charge in [0.25, 0.3) is 0 Å². The third-order valence-corrected chi connectivity index (χ3v) is 4.47. The lowest BCUT2D eigenvalue weighted by Crippen LogP contribution is -2.21. The molecule has 1 aliphatic rings. The molecule has 1 heterocycles. The third-order valence-electron chi connectivity index (χ3n) is 4.47. The van der Waals surface area contributed by atoms with E-state index in [1.807, 2.05) is 41.1 Å². The molecule has 0 saturated carbocycles. The zero-order valence-corrected chi connectivity index (χ0v) is 15.4. The Kier molecular flexibility index (Phi) is 5.97. The van der Waals surface area contributed by atoms with E-state index in [-0.39, 0.29) is 0 Å². The maximum Gasteiger partial charge on any atom is 0.315 e. The van der Waals surface area contributed by atoms with Gasteiger partial charge in [-0.25, -0.2) is 0 Å². The van der Waals surface area contributed by atoms with Gasteiger partial charge in [0.05, 0.1) is 6.54 Å². The quantitative estimate of drug-likeness (QED) is 0.249. The molecule has 0 saturated heterocycles. The minimum atomic E-state index is 0.406. The van der Waals surface area contributed by atoms with E-state index in [4.69, 9.17) is 4.74 Å². The molecule has 4 nitrogen and oxygen atoms in total. The SMILES string of the molecule is Cc1ccc(C)c(CNCC[N+]2=CC/2=C(\C=O)OCc2ccccc2)c1. The highest BCUT2D eigenvalue weighted by Gasteiger charge is 2.34. The van der Waals surface area contributed by atoms with Crippen LogP contribution in [0.1, 0.15) is 22.3 Å². The van der Waals surface area contributed by atoms with Crippen molar-refractivity contribution in [3.63, 3.8) is 0 Å². The van der Waals surface area contributed by atoms with Crippen molar-refractivity contribution < 1.29 is 14.1 Å². The summed E-state index contributed by atoms with van der Waals surface area (Å²) in [6, 6.07) is 16.4. The molecule has 0 fully saturated rings. The molecule has 2 aromatic rings. The maximum absolute atomic E-state index is 11.3. The number of rotatable bonds is 9. The summed E-state index contributed by atoms with van der Waals surface area (Å²) in [6.45, 7) is 7.18. The number of nitrogens with zero attached hydrogens (tertiary/aromatic N) is 1. The summed E-state index contributed by atoms with van der Waals surface area (Å²) >= 11 is 0. The van der Waals surface area contributed by atoms with Gasteiger partial charge in [0.2, 0.25) is 12.0 Å². The average molecular weight is 349 g/mol. The Morgan fingerprint density at radius 3 is 2.73 bits per heavy atom. The molecule has 0 aliphatic carbocycles. The lowest BCUT2D eigenvalue weighted by atomic mass is 10.1. The molecule has 4 heteroatoms. The molecule has 0 spiro atoms. The van der Waals surface area contributed by atoms with Crippen molar-refractivity contribution in [1.29, 1.82) is 0 Å². The van der Waals surface area contributed by atoms with Crippen molar-refractivity contribution in [2.45, 2.75) is 27.0 Å². The number of ether oxygens (including phenoxy) is 1. The van der Waals surface area contributed by atoms with E-state index in [2.05, 4.69) is 37.4 Å². The fraction of sp³-hybridized carbons (Fsp3) is 0.273. The molecule has 2 aromatic carbocycles. The van der Waals surface area contributed by atoms with E-state index in [9.17, 15) is 4.79 Å². The van der Waals surface area contributed by atoms with Gasteiger partial charge in [0.1, 0.15) is 6.61 Å². The van der Waals surface area contributed by atoms with Crippen LogP contribution < -0.4 is 5.32 Å². The van der Waals surface area contributed by atoms with Crippen molar-refractivity contribution in [2.24, 2.45) is 0 Å². The maximum atomic E-state index is 11.3. The number of allylic oxidation sites excluding steroid dienone is 2. The third kappa shape index (κ3) is 4.90. The Bertz CT molecular complexity index is 838. The van der Waals surface area contributed by atoms with Crippen molar-refractivity contribution in [2.75, 3.05) is 13.1 Å². The van der Waals surface area contributed by atoms with Crippen LogP contribution in [-0.2, 0) is 22.7 Å². The topological polar surface area (TPSA) is 41.3 Å². The molecular formula is C22H25N2O2+. The summed E-state index contributed by atoms with van der Waals surface area (Å²) in [7, 11) is 0. The Labute approximate surface area is 154 Å². The number of benzene rings is 2. The first-order valence-corrected chi connectivity index (χ1v) is 8.92. The number of aryl methyl sites for hydroxylation is 2. The van der Waals surface area contributed by atoms with Gasteiger partial charge in [-0.05, 0) is 30.5 Å². The first kappa shape index (κ1) is 18.1. The second-order valence-electron chi connectivity index (χ2n) is 6.57. The summed E-state index contributed by atoms with van der Waals surface area (Å²) < 4.78 is 7.70. The van der Waals surface area contributed by atoms with E-state index < -0.39 is 0 Å². The van der Waals surface area contributed by atoms with Gasteiger partial charge in [0.15, 0.2) is 12.8 Å². The van der Waals surface area contributed by atoms with Crippen molar-refractivity contribution >= 4 is 12.5 Å². The smallest absolute Gasteiger partial charge is 0.315 e. The number of aldehydes is 1. The molecule has 0 unspecified atom stereocenters. The van der Waals surface area contributed by atoms with E-state index in [1.54, 1.807) is 0 Å². The number of carbonyl (C=O) groups is 1. The predicted molar refractivity (Wildman–Crippen MR) is 103 cm³/mol. The van der Waals surface area contributed by atoms with Crippen LogP contribution in [0.5, 0.6) is 0 Å². The van der Waals surface area contributed by atoms with E-state index in [1.165, 1.54) is 16.7 Å². The average Bonchev–Trinajstić information content (AvgIpc) is 3.42. The van der Waals surface area contributed by atoms with Crippen LogP contribution in [0.2, 0.25) is 0 Å². The van der Waals surface area contributed by atoms with Crippen LogP contribution in [0.25, 0.3) is 0 Å². The second-order valence-corrected chi connectivity index (χ2v) is 6.57. The molecule has 0 radical (unpaired) electrons.